The largest absolute Gasteiger partial charge is 0.448 e. The Bertz CT molecular complexity index is 420. The molecular weight excluding hydrogens is 184 g/mol. The zero-order valence-electron chi connectivity index (χ0n) is 7.73. The zero-order chi connectivity index (χ0) is 9.97. The van der Waals surface area contributed by atoms with E-state index in [-0.39, 0.29) is 0 Å². The van der Waals surface area contributed by atoms with Crippen LogP contribution in [0.2, 0.25) is 0 Å². The van der Waals surface area contributed by atoms with Crippen LogP contribution in [0.15, 0.2) is 15.2 Å². The quantitative estimate of drug-likeness (QED) is 0.766. The molecular formula is C8H10N4O2. The first-order valence-electron chi connectivity index (χ1n) is 4.25. The fourth-order valence-corrected chi connectivity index (χ4v) is 1.05. The summed E-state index contributed by atoms with van der Waals surface area (Å²) in [6.07, 6.45) is 2.08. The molecule has 0 bridgehead atoms. The van der Waals surface area contributed by atoms with Crippen LogP contribution in [0.4, 0.5) is 0 Å². The molecule has 2 aromatic heterocycles. The topological polar surface area (TPSA) is 91.0 Å². The van der Waals surface area contributed by atoms with E-state index in [9.17, 15) is 0 Å². The van der Waals surface area contributed by atoms with Gasteiger partial charge in [-0.15, -0.1) is 0 Å². The van der Waals surface area contributed by atoms with Crippen molar-refractivity contribution in [2.45, 2.75) is 13.3 Å². The highest BCUT2D eigenvalue weighted by molar-refractivity contribution is 5.43. The highest BCUT2D eigenvalue weighted by Gasteiger charge is 2.11. The average Bonchev–Trinajstić information content (AvgIpc) is 2.74. The summed E-state index contributed by atoms with van der Waals surface area (Å²) in [5.74, 6) is 1.52. The fourth-order valence-electron chi connectivity index (χ4n) is 1.05. The third-order valence-corrected chi connectivity index (χ3v) is 1.67. The number of hydrogen-bond donors (Lipinski definition) is 1. The van der Waals surface area contributed by atoms with Crippen molar-refractivity contribution in [2.75, 3.05) is 6.54 Å². The molecule has 0 aliphatic rings. The molecule has 2 N–H and O–H groups in total. The molecule has 0 saturated heterocycles. The van der Waals surface area contributed by atoms with Gasteiger partial charge in [0.05, 0.1) is 0 Å². The van der Waals surface area contributed by atoms with Crippen LogP contribution in [0, 0.1) is 6.92 Å². The van der Waals surface area contributed by atoms with E-state index in [1.54, 1.807) is 6.92 Å². The van der Waals surface area contributed by atoms with Gasteiger partial charge in [-0.3, -0.25) is 0 Å². The normalized spacial score (nSPS) is 10.7. The van der Waals surface area contributed by atoms with Crippen LogP contribution in [0.1, 0.15) is 11.7 Å². The summed E-state index contributed by atoms with van der Waals surface area (Å²) in [5, 5.41) is 3.74. The Kier molecular flexibility index (Phi) is 2.28. The summed E-state index contributed by atoms with van der Waals surface area (Å²) in [4.78, 5) is 8.16. The van der Waals surface area contributed by atoms with Crippen molar-refractivity contribution in [2.24, 2.45) is 5.73 Å². The Hall–Kier alpha value is -1.69. The van der Waals surface area contributed by atoms with Crippen LogP contribution < -0.4 is 5.73 Å². The highest BCUT2D eigenvalue weighted by Crippen LogP contribution is 2.15. The molecule has 0 spiro atoms. The zero-order valence-corrected chi connectivity index (χ0v) is 7.73. The molecule has 14 heavy (non-hydrogen) atoms. The lowest BCUT2D eigenvalue weighted by Gasteiger charge is -1.83. The van der Waals surface area contributed by atoms with Gasteiger partial charge in [-0.25, -0.2) is 4.98 Å². The molecule has 0 aliphatic heterocycles. The van der Waals surface area contributed by atoms with Gasteiger partial charge in [0.1, 0.15) is 6.26 Å². The summed E-state index contributed by atoms with van der Waals surface area (Å²) in [7, 11) is 0. The SMILES string of the molecule is Cc1nc(-c2nc(CCN)no2)co1. The third kappa shape index (κ3) is 1.64. The second-order valence-corrected chi connectivity index (χ2v) is 2.81. The van der Waals surface area contributed by atoms with Crippen molar-refractivity contribution in [3.05, 3.63) is 18.0 Å². The predicted molar refractivity (Wildman–Crippen MR) is 47.3 cm³/mol. The van der Waals surface area contributed by atoms with Gasteiger partial charge in [0.2, 0.25) is 0 Å². The lowest BCUT2D eigenvalue weighted by molar-refractivity contribution is 0.421. The molecule has 0 fully saturated rings. The lowest BCUT2D eigenvalue weighted by atomic mass is 10.4. The molecule has 0 atom stereocenters. The van der Waals surface area contributed by atoms with Gasteiger partial charge in [-0.1, -0.05) is 5.16 Å². The van der Waals surface area contributed by atoms with E-state index in [1.807, 2.05) is 0 Å². The summed E-state index contributed by atoms with van der Waals surface area (Å²) in [6.45, 7) is 2.25. The summed E-state index contributed by atoms with van der Waals surface area (Å²) in [5.41, 5.74) is 5.91. The van der Waals surface area contributed by atoms with Crippen LogP contribution in [0.3, 0.4) is 0 Å². The van der Waals surface area contributed by atoms with Crippen LogP contribution in [-0.2, 0) is 6.42 Å². The van der Waals surface area contributed by atoms with Gasteiger partial charge in [-0.2, -0.15) is 4.98 Å². The smallest absolute Gasteiger partial charge is 0.279 e. The summed E-state index contributed by atoms with van der Waals surface area (Å²) >= 11 is 0. The average molecular weight is 194 g/mol. The fraction of sp³-hybridized carbons (Fsp3) is 0.375. The van der Waals surface area contributed by atoms with Crippen molar-refractivity contribution in [3.8, 4) is 11.6 Å². The van der Waals surface area contributed by atoms with E-state index in [0.29, 0.717) is 36.3 Å². The van der Waals surface area contributed by atoms with Crippen molar-refractivity contribution in [1.29, 1.82) is 0 Å². The number of oxazole rings is 1. The first kappa shape index (κ1) is 8.89. The van der Waals surface area contributed by atoms with E-state index in [4.69, 9.17) is 14.7 Å². The van der Waals surface area contributed by atoms with Crippen molar-refractivity contribution >= 4 is 0 Å². The first-order chi connectivity index (χ1) is 6.79. The maximum Gasteiger partial charge on any atom is 0.279 e. The Morgan fingerprint density at radius 2 is 2.29 bits per heavy atom. The third-order valence-electron chi connectivity index (χ3n) is 1.67. The van der Waals surface area contributed by atoms with Crippen molar-refractivity contribution in [1.82, 2.24) is 15.1 Å². The molecule has 0 aliphatic carbocycles. The van der Waals surface area contributed by atoms with Gasteiger partial charge in [0.15, 0.2) is 17.4 Å². The minimum Gasteiger partial charge on any atom is -0.448 e. The Morgan fingerprint density at radius 1 is 1.43 bits per heavy atom. The van der Waals surface area contributed by atoms with Gasteiger partial charge in [0.25, 0.3) is 5.89 Å². The minimum atomic E-state index is 0.366. The predicted octanol–water partition coefficient (Wildman–Crippen LogP) is 0.534. The van der Waals surface area contributed by atoms with E-state index in [1.165, 1.54) is 6.26 Å². The Morgan fingerprint density at radius 3 is 2.93 bits per heavy atom. The molecule has 0 aromatic carbocycles. The summed E-state index contributed by atoms with van der Waals surface area (Å²) in [6, 6.07) is 0. The maximum absolute atomic E-state index is 5.36. The summed E-state index contributed by atoms with van der Waals surface area (Å²) < 4.78 is 10.0. The second kappa shape index (κ2) is 3.59. The maximum atomic E-state index is 5.36. The molecule has 6 heteroatoms. The standard InChI is InChI=1S/C8H10N4O2/c1-5-10-6(4-13-5)8-11-7(2-3-9)12-14-8/h4H,2-3,9H2,1H3. The molecule has 2 heterocycles. The molecule has 0 amide bonds. The van der Waals surface area contributed by atoms with Crippen LogP contribution >= 0.6 is 0 Å². The number of aromatic nitrogens is 3. The molecule has 0 radical (unpaired) electrons. The number of aryl methyl sites for hydroxylation is 1. The first-order valence-corrected chi connectivity index (χ1v) is 4.25. The number of hydrogen-bond acceptors (Lipinski definition) is 6. The van der Waals surface area contributed by atoms with Gasteiger partial charge < -0.3 is 14.7 Å². The Balaban J connectivity index is 2.24. The van der Waals surface area contributed by atoms with E-state index >= 15 is 0 Å². The number of rotatable bonds is 3. The molecule has 74 valence electrons. The second-order valence-electron chi connectivity index (χ2n) is 2.81. The van der Waals surface area contributed by atoms with Crippen molar-refractivity contribution in [3.63, 3.8) is 0 Å². The molecule has 2 aromatic rings. The van der Waals surface area contributed by atoms with Crippen molar-refractivity contribution < 1.29 is 8.94 Å². The van der Waals surface area contributed by atoms with E-state index in [0.717, 1.165) is 0 Å². The Labute approximate surface area is 80.1 Å². The molecule has 0 unspecified atom stereocenters. The number of nitrogens with two attached hydrogens (primary N) is 1. The van der Waals surface area contributed by atoms with Gasteiger partial charge >= 0.3 is 0 Å². The monoisotopic (exact) mass is 194 g/mol. The van der Waals surface area contributed by atoms with Crippen LogP contribution in [0.5, 0.6) is 0 Å². The minimum absolute atomic E-state index is 0.366. The van der Waals surface area contributed by atoms with Crippen LogP contribution in [-0.4, -0.2) is 21.7 Å². The van der Waals surface area contributed by atoms with Gasteiger partial charge in [0, 0.05) is 13.3 Å². The molecule has 0 saturated carbocycles. The molecule has 6 nitrogen and oxygen atoms in total. The highest BCUT2D eigenvalue weighted by atomic mass is 16.5. The lowest BCUT2D eigenvalue weighted by Crippen LogP contribution is -2.03. The van der Waals surface area contributed by atoms with Gasteiger partial charge in [-0.05, 0) is 6.54 Å². The van der Waals surface area contributed by atoms with Crippen LogP contribution in [0.25, 0.3) is 11.6 Å². The molecule has 2 rings (SSSR count). The number of nitrogens with zero attached hydrogens (tertiary/aromatic N) is 3. The van der Waals surface area contributed by atoms with E-state index < -0.39 is 0 Å². The van der Waals surface area contributed by atoms with E-state index in [2.05, 4.69) is 15.1 Å².